The largest absolute Gasteiger partial charge is 0.491 e. The minimum absolute atomic E-state index is 0.433. The fourth-order valence-electron chi connectivity index (χ4n) is 3.09. The van der Waals surface area contributed by atoms with Crippen molar-refractivity contribution in [2.75, 3.05) is 26.7 Å². The zero-order valence-electron chi connectivity index (χ0n) is 12.7. The Morgan fingerprint density at radius 3 is 2.95 bits per heavy atom. The Labute approximate surface area is 130 Å². The zero-order valence-corrected chi connectivity index (χ0v) is 13.4. The Balaban J connectivity index is 2.06. The molecule has 0 N–H and O–H groups in total. The standard InChI is InChI=1S/C16H22ClN3O/c1-3-9-21-14-6-4-5-13-16(14)18-15(10-17)20(13)12-7-8-19(2)11-12/h4-6,12H,3,7-11H2,1-2H3. The molecule has 0 aliphatic carbocycles. The Kier molecular flexibility index (Phi) is 4.36. The van der Waals surface area contributed by atoms with Crippen LogP contribution in [0.1, 0.15) is 31.6 Å². The van der Waals surface area contributed by atoms with Gasteiger partial charge in [-0.1, -0.05) is 13.0 Å². The first-order valence-corrected chi connectivity index (χ1v) is 8.15. The summed E-state index contributed by atoms with van der Waals surface area (Å²) in [6.45, 7) is 5.00. The molecule has 4 nitrogen and oxygen atoms in total. The molecule has 0 amide bonds. The van der Waals surface area contributed by atoms with E-state index in [4.69, 9.17) is 21.3 Å². The van der Waals surface area contributed by atoms with Crippen molar-refractivity contribution in [2.24, 2.45) is 0 Å². The molecule has 1 fully saturated rings. The van der Waals surface area contributed by atoms with Gasteiger partial charge in [0.15, 0.2) is 0 Å². The van der Waals surface area contributed by atoms with E-state index in [9.17, 15) is 0 Å². The van der Waals surface area contributed by atoms with E-state index in [0.29, 0.717) is 18.5 Å². The predicted octanol–water partition coefficient (Wildman–Crippen LogP) is 3.44. The summed E-state index contributed by atoms with van der Waals surface area (Å²) in [4.78, 5) is 7.09. The van der Waals surface area contributed by atoms with Crippen LogP contribution in [0.2, 0.25) is 0 Å². The monoisotopic (exact) mass is 307 g/mol. The molecule has 0 bridgehead atoms. The molecule has 21 heavy (non-hydrogen) atoms. The topological polar surface area (TPSA) is 30.3 Å². The summed E-state index contributed by atoms with van der Waals surface area (Å²) in [5, 5.41) is 0. The molecule has 3 rings (SSSR count). The van der Waals surface area contributed by atoms with E-state index in [-0.39, 0.29) is 0 Å². The van der Waals surface area contributed by atoms with Crippen LogP contribution in [-0.2, 0) is 5.88 Å². The molecule has 0 radical (unpaired) electrons. The lowest BCUT2D eigenvalue weighted by Crippen LogP contribution is -2.17. The van der Waals surface area contributed by atoms with Gasteiger partial charge in [-0.25, -0.2) is 4.98 Å². The molecule has 2 aromatic rings. The molecule has 1 aromatic carbocycles. The van der Waals surface area contributed by atoms with E-state index in [2.05, 4.69) is 29.5 Å². The summed E-state index contributed by atoms with van der Waals surface area (Å²) < 4.78 is 8.15. The molecule has 1 unspecified atom stereocenters. The van der Waals surface area contributed by atoms with Crippen molar-refractivity contribution in [3.05, 3.63) is 24.0 Å². The smallest absolute Gasteiger partial charge is 0.147 e. The van der Waals surface area contributed by atoms with E-state index in [0.717, 1.165) is 48.5 Å². The highest BCUT2D eigenvalue weighted by molar-refractivity contribution is 6.16. The van der Waals surface area contributed by atoms with Gasteiger partial charge in [0.05, 0.1) is 18.0 Å². The number of fused-ring (bicyclic) bond motifs is 1. The molecule has 1 aromatic heterocycles. The van der Waals surface area contributed by atoms with Gasteiger partial charge < -0.3 is 14.2 Å². The van der Waals surface area contributed by atoms with Crippen LogP contribution in [0.25, 0.3) is 11.0 Å². The highest BCUT2D eigenvalue weighted by Crippen LogP contribution is 2.32. The minimum Gasteiger partial charge on any atom is -0.491 e. The summed E-state index contributed by atoms with van der Waals surface area (Å²) in [6.07, 6.45) is 2.14. The first-order valence-electron chi connectivity index (χ1n) is 7.61. The third kappa shape index (κ3) is 2.74. The Bertz CT molecular complexity index is 625. The van der Waals surface area contributed by atoms with Crippen molar-refractivity contribution in [1.29, 1.82) is 0 Å². The third-order valence-corrected chi connectivity index (χ3v) is 4.31. The van der Waals surface area contributed by atoms with Gasteiger partial charge in [0.25, 0.3) is 0 Å². The molecule has 1 aliphatic rings. The number of imidazole rings is 1. The fraction of sp³-hybridized carbons (Fsp3) is 0.562. The number of halogens is 1. The second kappa shape index (κ2) is 6.24. The molecule has 0 spiro atoms. The number of alkyl halides is 1. The van der Waals surface area contributed by atoms with Crippen molar-refractivity contribution in [2.45, 2.75) is 31.7 Å². The van der Waals surface area contributed by atoms with Gasteiger partial charge >= 0.3 is 0 Å². The SMILES string of the molecule is CCCOc1cccc2c1nc(CCl)n2C1CCN(C)C1. The lowest BCUT2D eigenvalue weighted by atomic mass is 10.2. The molecule has 1 aliphatic heterocycles. The van der Waals surface area contributed by atoms with E-state index in [1.807, 2.05) is 12.1 Å². The number of hydrogen-bond acceptors (Lipinski definition) is 3. The maximum atomic E-state index is 6.14. The Hall–Kier alpha value is -1.26. The lowest BCUT2D eigenvalue weighted by Gasteiger charge is -2.16. The van der Waals surface area contributed by atoms with Gasteiger partial charge in [0.2, 0.25) is 0 Å². The summed E-state index contributed by atoms with van der Waals surface area (Å²) in [6, 6.07) is 6.61. The Morgan fingerprint density at radius 2 is 2.29 bits per heavy atom. The van der Waals surface area contributed by atoms with Gasteiger partial charge in [-0.15, -0.1) is 11.6 Å². The maximum absolute atomic E-state index is 6.14. The first-order chi connectivity index (χ1) is 10.2. The first kappa shape index (κ1) is 14.7. The quantitative estimate of drug-likeness (QED) is 0.793. The highest BCUT2D eigenvalue weighted by Gasteiger charge is 2.25. The zero-order chi connectivity index (χ0) is 14.8. The predicted molar refractivity (Wildman–Crippen MR) is 86.2 cm³/mol. The van der Waals surface area contributed by atoms with E-state index >= 15 is 0 Å². The van der Waals surface area contributed by atoms with Crippen molar-refractivity contribution < 1.29 is 4.74 Å². The number of hydrogen-bond donors (Lipinski definition) is 0. The van der Waals surface area contributed by atoms with Crippen LogP contribution in [0, 0.1) is 0 Å². The molecule has 0 saturated carbocycles. The highest BCUT2D eigenvalue weighted by atomic mass is 35.5. The summed E-state index contributed by atoms with van der Waals surface area (Å²) in [7, 11) is 2.16. The number of nitrogens with zero attached hydrogens (tertiary/aromatic N) is 3. The van der Waals surface area contributed by atoms with Crippen LogP contribution in [0.3, 0.4) is 0 Å². The number of rotatable bonds is 5. The molecule has 1 atom stereocenters. The fourth-order valence-corrected chi connectivity index (χ4v) is 3.28. The summed E-state index contributed by atoms with van der Waals surface area (Å²) in [5.41, 5.74) is 2.08. The normalized spacial score (nSPS) is 19.5. The van der Waals surface area contributed by atoms with Crippen molar-refractivity contribution in [3.8, 4) is 5.75 Å². The minimum atomic E-state index is 0.433. The van der Waals surface area contributed by atoms with Gasteiger partial charge in [-0.05, 0) is 38.6 Å². The van der Waals surface area contributed by atoms with E-state index in [1.54, 1.807) is 0 Å². The Morgan fingerprint density at radius 1 is 1.43 bits per heavy atom. The molecule has 2 heterocycles. The van der Waals surface area contributed by atoms with E-state index in [1.165, 1.54) is 0 Å². The van der Waals surface area contributed by atoms with Crippen LogP contribution >= 0.6 is 11.6 Å². The van der Waals surface area contributed by atoms with Gasteiger partial charge in [-0.2, -0.15) is 0 Å². The molecule has 5 heteroatoms. The van der Waals surface area contributed by atoms with Gasteiger partial charge in [-0.3, -0.25) is 0 Å². The van der Waals surface area contributed by atoms with Crippen LogP contribution in [0.5, 0.6) is 5.75 Å². The van der Waals surface area contributed by atoms with E-state index < -0.39 is 0 Å². The van der Waals surface area contributed by atoms with Crippen LogP contribution in [0.4, 0.5) is 0 Å². The molecular weight excluding hydrogens is 286 g/mol. The summed E-state index contributed by atoms with van der Waals surface area (Å²) >= 11 is 6.14. The summed E-state index contributed by atoms with van der Waals surface area (Å²) in [5.74, 6) is 2.24. The van der Waals surface area contributed by atoms with Crippen LogP contribution < -0.4 is 4.74 Å². The molecule has 1 saturated heterocycles. The second-order valence-electron chi connectivity index (χ2n) is 5.71. The van der Waals surface area contributed by atoms with Crippen molar-refractivity contribution >= 4 is 22.6 Å². The second-order valence-corrected chi connectivity index (χ2v) is 5.98. The van der Waals surface area contributed by atoms with Gasteiger partial charge in [0.1, 0.15) is 17.1 Å². The number of aromatic nitrogens is 2. The lowest BCUT2D eigenvalue weighted by molar-refractivity contribution is 0.320. The number of ether oxygens (including phenoxy) is 1. The van der Waals surface area contributed by atoms with Crippen molar-refractivity contribution in [3.63, 3.8) is 0 Å². The molecule has 114 valence electrons. The van der Waals surface area contributed by atoms with Gasteiger partial charge in [0, 0.05) is 12.6 Å². The number of likely N-dealkylation sites (tertiary alicyclic amines) is 1. The van der Waals surface area contributed by atoms with Crippen LogP contribution in [-0.4, -0.2) is 41.2 Å². The average Bonchev–Trinajstić information content (AvgIpc) is 3.07. The number of benzene rings is 1. The molecular formula is C16H22ClN3O. The van der Waals surface area contributed by atoms with Crippen molar-refractivity contribution in [1.82, 2.24) is 14.5 Å². The number of likely N-dealkylation sites (N-methyl/N-ethyl adjacent to an activating group) is 1. The third-order valence-electron chi connectivity index (χ3n) is 4.07. The maximum Gasteiger partial charge on any atom is 0.147 e. The number of para-hydroxylation sites is 1. The van der Waals surface area contributed by atoms with Crippen LogP contribution in [0.15, 0.2) is 18.2 Å². The average molecular weight is 308 g/mol.